The number of hydrogen-bond acceptors (Lipinski definition) is 2. The Morgan fingerprint density at radius 2 is 1.84 bits per heavy atom. The molecule has 1 aromatic heterocycles. The summed E-state index contributed by atoms with van der Waals surface area (Å²) in [5, 5.41) is 12.2. The molecular formula is C11H6ClF3N2O2. The van der Waals surface area contributed by atoms with E-state index in [2.05, 4.69) is 5.10 Å². The lowest BCUT2D eigenvalue weighted by Gasteiger charge is -2.06. The van der Waals surface area contributed by atoms with E-state index in [9.17, 15) is 18.0 Å². The molecule has 0 saturated heterocycles. The van der Waals surface area contributed by atoms with Gasteiger partial charge in [-0.1, -0.05) is 11.6 Å². The molecule has 1 aromatic carbocycles. The predicted molar refractivity (Wildman–Crippen MR) is 60.1 cm³/mol. The number of benzene rings is 1. The van der Waals surface area contributed by atoms with Crippen molar-refractivity contribution in [1.82, 2.24) is 9.78 Å². The van der Waals surface area contributed by atoms with Crippen LogP contribution in [0.5, 0.6) is 0 Å². The zero-order valence-electron chi connectivity index (χ0n) is 9.42. The lowest BCUT2D eigenvalue weighted by molar-refractivity contribution is 0.0690. The van der Waals surface area contributed by atoms with Crippen molar-refractivity contribution in [3.05, 3.63) is 46.0 Å². The Hall–Kier alpha value is -2.02. The molecule has 0 fully saturated rings. The van der Waals surface area contributed by atoms with Gasteiger partial charge < -0.3 is 5.11 Å². The second-order valence-corrected chi connectivity index (χ2v) is 4.06. The Kier molecular flexibility index (Phi) is 3.23. The van der Waals surface area contributed by atoms with Crippen LogP contribution < -0.4 is 0 Å². The van der Waals surface area contributed by atoms with E-state index in [1.54, 1.807) is 0 Å². The molecule has 2 aromatic rings. The van der Waals surface area contributed by atoms with Crippen LogP contribution in [-0.2, 0) is 0 Å². The van der Waals surface area contributed by atoms with Gasteiger partial charge in [0.15, 0.2) is 23.1 Å². The standard InChI is InChI=1S/C11H6ClF3N2O2/c1-4-9(12)10(11(18)19)16-17(4)8-3-6(14)5(13)2-7(8)15/h2-3H,1H3,(H,18,19). The van der Waals surface area contributed by atoms with Gasteiger partial charge in [-0.15, -0.1) is 0 Å². The maximum Gasteiger partial charge on any atom is 0.358 e. The SMILES string of the molecule is Cc1c(Cl)c(C(=O)O)nn1-c1cc(F)c(F)cc1F. The fourth-order valence-corrected chi connectivity index (χ4v) is 1.73. The average Bonchev–Trinajstić information content (AvgIpc) is 2.62. The Bertz CT molecular complexity index is 685. The Morgan fingerprint density at radius 3 is 2.37 bits per heavy atom. The molecular weight excluding hydrogens is 285 g/mol. The van der Waals surface area contributed by atoms with E-state index in [4.69, 9.17) is 16.7 Å². The Balaban J connectivity index is 2.69. The normalized spacial score (nSPS) is 10.8. The summed E-state index contributed by atoms with van der Waals surface area (Å²) < 4.78 is 40.3. The third kappa shape index (κ3) is 2.17. The first-order valence-electron chi connectivity index (χ1n) is 4.96. The first-order valence-corrected chi connectivity index (χ1v) is 5.34. The number of aromatic nitrogens is 2. The maximum absolute atomic E-state index is 13.6. The number of aromatic carboxylic acids is 1. The summed E-state index contributed by atoms with van der Waals surface area (Å²) in [7, 11) is 0. The third-order valence-corrected chi connectivity index (χ3v) is 2.92. The highest BCUT2D eigenvalue weighted by atomic mass is 35.5. The maximum atomic E-state index is 13.6. The molecule has 0 saturated carbocycles. The van der Waals surface area contributed by atoms with Gasteiger partial charge in [0, 0.05) is 12.1 Å². The number of rotatable bonds is 2. The van der Waals surface area contributed by atoms with Gasteiger partial charge in [-0.05, 0) is 6.92 Å². The van der Waals surface area contributed by atoms with Gasteiger partial charge in [0.1, 0.15) is 5.69 Å². The molecule has 0 spiro atoms. The molecule has 100 valence electrons. The molecule has 0 aliphatic carbocycles. The molecule has 8 heteroatoms. The largest absolute Gasteiger partial charge is 0.476 e. The van der Waals surface area contributed by atoms with Gasteiger partial charge in [-0.2, -0.15) is 5.10 Å². The minimum absolute atomic E-state index is 0.101. The van der Waals surface area contributed by atoms with Crippen LogP contribution in [0, 0.1) is 24.4 Å². The minimum Gasteiger partial charge on any atom is -0.476 e. The Morgan fingerprint density at radius 1 is 1.26 bits per heavy atom. The van der Waals surface area contributed by atoms with Crippen molar-refractivity contribution in [3.63, 3.8) is 0 Å². The molecule has 0 radical (unpaired) electrons. The van der Waals surface area contributed by atoms with Gasteiger partial charge in [-0.3, -0.25) is 0 Å². The highest BCUT2D eigenvalue weighted by Gasteiger charge is 2.22. The molecule has 1 heterocycles. The summed E-state index contributed by atoms with van der Waals surface area (Å²) in [6, 6.07) is 0.923. The second-order valence-electron chi connectivity index (χ2n) is 3.68. The van der Waals surface area contributed by atoms with Crippen molar-refractivity contribution in [2.45, 2.75) is 6.92 Å². The van der Waals surface area contributed by atoms with Crippen molar-refractivity contribution in [2.75, 3.05) is 0 Å². The number of halogens is 4. The fraction of sp³-hybridized carbons (Fsp3) is 0.0909. The van der Waals surface area contributed by atoms with E-state index in [1.807, 2.05) is 0 Å². The number of carbonyl (C=O) groups is 1. The molecule has 0 aliphatic rings. The van der Waals surface area contributed by atoms with Gasteiger partial charge in [-0.25, -0.2) is 22.6 Å². The minimum atomic E-state index is -1.41. The van der Waals surface area contributed by atoms with Crippen LogP contribution in [0.2, 0.25) is 5.02 Å². The average molecular weight is 291 g/mol. The van der Waals surface area contributed by atoms with Crippen LogP contribution in [0.3, 0.4) is 0 Å². The smallest absolute Gasteiger partial charge is 0.358 e. The van der Waals surface area contributed by atoms with Crippen LogP contribution in [0.15, 0.2) is 12.1 Å². The van der Waals surface area contributed by atoms with E-state index in [-0.39, 0.29) is 10.7 Å². The molecule has 1 N–H and O–H groups in total. The van der Waals surface area contributed by atoms with Gasteiger partial charge in [0.25, 0.3) is 0 Å². The lowest BCUT2D eigenvalue weighted by Crippen LogP contribution is -2.05. The monoisotopic (exact) mass is 290 g/mol. The number of carboxylic acids is 1. The topological polar surface area (TPSA) is 55.1 Å². The molecule has 0 atom stereocenters. The lowest BCUT2D eigenvalue weighted by atomic mass is 10.2. The van der Waals surface area contributed by atoms with Crippen molar-refractivity contribution < 1.29 is 23.1 Å². The quantitative estimate of drug-likeness (QED) is 0.865. The first kappa shape index (κ1) is 13.4. The molecule has 19 heavy (non-hydrogen) atoms. The van der Waals surface area contributed by atoms with E-state index in [0.29, 0.717) is 12.1 Å². The summed E-state index contributed by atoms with van der Waals surface area (Å²) in [6.07, 6.45) is 0. The van der Waals surface area contributed by atoms with Gasteiger partial charge >= 0.3 is 5.97 Å². The van der Waals surface area contributed by atoms with Crippen LogP contribution in [-0.4, -0.2) is 20.9 Å². The third-order valence-electron chi connectivity index (χ3n) is 2.46. The van der Waals surface area contributed by atoms with Crippen molar-refractivity contribution in [3.8, 4) is 5.69 Å². The molecule has 0 amide bonds. The first-order chi connectivity index (χ1) is 8.82. The van der Waals surface area contributed by atoms with Crippen molar-refractivity contribution in [1.29, 1.82) is 0 Å². The number of carboxylic acid groups (broad SMARTS) is 1. The fourth-order valence-electron chi connectivity index (χ4n) is 1.53. The molecule has 0 aliphatic heterocycles. The summed E-state index contributed by atoms with van der Waals surface area (Å²) in [4.78, 5) is 10.8. The summed E-state index contributed by atoms with van der Waals surface area (Å²) >= 11 is 5.73. The van der Waals surface area contributed by atoms with Gasteiger partial charge in [0.05, 0.1) is 10.7 Å². The molecule has 0 bridgehead atoms. The van der Waals surface area contributed by atoms with E-state index in [1.165, 1.54) is 6.92 Å². The molecule has 4 nitrogen and oxygen atoms in total. The van der Waals surface area contributed by atoms with Crippen LogP contribution >= 0.6 is 11.6 Å². The number of nitrogens with zero attached hydrogens (tertiary/aromatic N) is 2. The van der Waals surface area contributed by atoms with E-state index >= 15 is 0 Å². The predicted octanol–water partition coefficient (Wildman–Crippen LogP) is 2.95. The summed E-state index contributed by atoms with van der Waals surface area (Å²) in [5.41, 5.74) is -0.821. The summed E-state index contributed by atoms with van der Waals surface area (Å²) in [5.74, 6) is -5.12. The van der Waals surface area contributed by atoms with E-state index in [0.717, 1.165) is 4.68 Å². The van der Waals surface area contributed by atoms with Crippen molar-refractivity contribution >= 4 is 17.6 Å². The zero-order chi connectivity index (χ0) is 14.3. The zero-order valence-corrected chi connectivity index (χ0v) is 10.2. The van der Waals surface area contributed by atoms with Crippen LogP contribution in [0.4, 0.5) is 13.2 Å². The molecule has 2 rings (SSSR count). The van der Waals surface area contributed by atoms with Gasteiger partial charge in [0.2, 0.25) is 0 Å². The number of hydrogen-bond donors (Lipinski definition) is 1. The van der Waals surface area contributed by atoms with Crippen LogP contribution in [0.25, 0.3) is 5.69 Å². The highest BCUT2D eigenvalue weighted by molar-refractivity contribution is 6.33. The summed E-state index contributed by atoms with van der Waals surface area (Å²) in [6.45, 7) is 1.38. The van der Waals surface area contributed by atoms with Crippen molar-refractivity contribution in [2.24, 2.45) is 0 Å². The van der Waals surface area contributed by atoms with E-state index < -0.39 is 34.8 Å². The Labute approximate surface area is 110 Å². The van der Waals surface area contributed by atoms with Crippen LogP contribution in [0.1, 0.15) is 16.2 Å². The molecule has 0 unspecified atom stereocenters. The second kappa shape index (κ2) is 4.58. The highest BCUT2D eigenvalue weighted by Crippen LogP contribution is 2.25.